The van der Waals surface area contributed by atoms with E-state index in [9.17, 15) is 9.59 Å². The molecule has 0 saturated carbocycles. The molecule has 2 aliphatic rings. The first-order chi connectivity index (χ1) is 33.8. The molecule has 366 valence electrons. The minimum Gasteiger partial charge on any atom is -0.354 e. The number of hydrogen-bond donors (Lipinski definition) is 2. The van der Waals surface area contributed by atoms with Crippen LogP contribution in [0.1, 0.15) is 142 Å². The van der Waals surface area contributed by atoms with Crippen molar-refractivity contribution >= 4 is 80.1 Å². The Hall–Kier alpha value is -6.48. The van der Waals surface area contributed by atoms with Crippen molar-refractivity contribution in [2.45, 2.75) is 128 Å². The van der Waals surface area contributed by atoms with Crippen molar-refractivity contribution in [2.75, 3.05) is 0 Å². The van der Waals surface area contributed by atoms with Gasteiger partial charge >= 0.3 is 0 Å². The summed E-state index contributed by atoms with van der Waals surface area (Å²) < 4.78 is 0. The lowest BCUT2D eigenvalue weighted by molar-refractivity contribution is -0.109. The zero-order valence-corrected chi connectivity index (χ0v) is 45.9. The highest BCUT2D eigenvalue weighted by Gasteiger charge is 2.26. The maximum Gasteiger partial charge on any atom is 0.190 e. The number of nitrogens with zero attached hydrogens (tertiary/aromatic N) is 2. The second-order valence-electron chi connectivity index (χ2n) is 23.3. The third kappa shape index (κ3) is 10.5. The molecule has 8 bridgehead atoms. The number of H-pyrrole nitrogens is 2. The minimum absolute atomic E-state index is 0.0426. The van der Waals surface area contributed by atoms with E-state index >= 15 is 0 Å². The predicted octanol–water partition coefficient (Wildman–Crippen LogP) is 17.8. The average molecular weight is 987 g/mol. The summed E-state index contributed by atoms with van der Waals surface area (Å²) in [6.07, 6.45) is 8.58. The molecule has 0 aliphatic carbocycles. The molecule has 0 spiro atoms. The van der Waals surface area contributed by atoms with Crippen molar-refractivity contribution in [3.63, 3.8) is 0 Å². The molecule has 0 radical (unpaired) electrons. The van der Waals surface area contributed by atoms with E-state index < -0.39 is 0 Å². The topological polar surface area (TPSA) is 91.5 Å². The fraction of sp³-hybridized carbons (Fsp3) is 0.281. The Morgan fingerprint density at radius 1 is 0.361 bits per heavy atom. The quantitative estimate of drug-likeness (QED) is 0.161. The van der Waals surface area contributed by atoms with Gasteiger partial charge in [0.2, 0.25) is 0 Å². The van der Waals surface area contributed by atoms with Gasteiger partial charge in [-0.15, -0.1) is 0 Å². The summed E-state index contributed by atoms with van der Waals surface area (Å²) in [5.74, 6) is 0. The van der Waals surface area contributed by atoms with Crippen LogP contribution in [0.25, 0.3) is 90.9 Å². The number of carbonyl (C=O) groups is 2. The third-order valence-corrected chi connectivity index (χ3v) is 15.1. The Morgan fingerprint density at radius 2 is 0.611 bits per heavy atom. The Bertz CT molecular complexity index is 3240. The van der Waals surface area contributed by atoms with Gasteiger partial charge in [0.15, 0.2) is 10.2 Å². The first-order valence-corrected chi connectivity index (χ1v) is 26.5. The van der Waals surface area contributed by atoms with Crippen LogP contribution in [-0.4, -0.2) is 30.2 Å². The van der Waals surface area contributed by atoms with E-state index in [-0.39, 0.29) is 31.9 Å². The van der Waals surface area contributed by atoms with Gasteiger partial charge in [-0.3, -0.25) is 9.59 Å². The number of benzene rings is 4. The first-order valence-electron chi connectivity index (χ1n) is 24.9. The molecule has 0 amide bonds. The Balaban J connectivity index is 1.47. The normalized spacial score (nSPS) is 13.0. The Morgan fingerprint density at radius 3 is 0.847 bits per heavy atom. The average Bonchev–Trinajstić information content (AvgIpc) is 4.14. The van der Waals surface area contributed by atoms with Crippen LogP contribution in [0.15, 0.2) is 119 Å². The molecule has 6 nitrogen and oxygen atoms in total. The van der Waals surface area contributed by atoms with Crippen LogP contribution in [0.4, 0.5) is 0 Å². The van der Waals surface area contributed by atoms with Gasteiger partial charge in [0.05, 0.1) is 22.8 Å². The zero-order chi connectivity index (χ0) is 51.7. The molecule has 0 saturated heterocycles. The molecule has 8 heteroatoms. The number of rotatable bonds is 6. The van der Waals surface area contributed by atoms with Crippen LogP contribution < -0.4 is 0 Å². The van der Waals surface area contributed by atoms with E-state index in [0.717, 1.165) is 99.1 Å². The lowest BCUT2D eigenvalue weighted by atomic mass is 9.78. The maximum atomic E-state index is 12.2. The van der Waals surface area contributed by atoms with Gasteiger partial charge in [0.1, 0.15) is 0 Å². The molecule has 4 aromatic carbocycles. The van der Waals surface area contributed by atoms with Gasteiger partial charge in [-0.25, -0.2) is 9.97 Å². The molecule has 0 unspecified atom stereocenters. The van der Waals surface area contributed by atoms with Crippen LogP contribution in [-0.2, 0) is 31.2 Å². The molecule has 0 atom stereocenters. The Kier molecular flexibility index (Phi) is 13.2. The summed E-state index contributed by atoms with van der Waals surface area (Å²) in [6.45, 7) is 30.5. The maximum absolute atomic E-state index is 12.2. The molecule has 0 fully saturated rings. The number of aromatic amines is 2. The smallest absolute Gasteiger partial charge is 0.190 e. The summed E-state index contributed by atoms with van der Waals surface area (Å²) in [7, 11) is 0. The van der Waals surface area contributed by atoms with Crippen LogP contribution >= 0.6 is 23.5 Å². The summed E-state index contributed by atoms with van der Waals surface area (Å²) in [5.41, 5.74) is 19.5. The highest BCUT2D eigenvalue weighted by molar-refractivity contribution is 8.13. The van der Waals surface area contributed by atoms with Gasteiger partial charge in [-0.2, -0.15) is 0 Å². The summed E-state index contributed by atoms with van der Waals surface area (Å²) >= 11 is 2.47. The first kappa shape index (κ1) is 50.5. The van der Waals surface area contributed by atoms with E-state index in [1.54, 1.807) is 13.8 Å². The van der Waals surface area contributed by atoms with E-state index in [4.69, 9.17) is 9.97 Å². The number of nitrogens with one attached hydrogen (secondary N) is 2. The number of thioether (sulfide) groups is 2. The fourth-order valence-electron chi connectivity index (χ4n) is 9.41. The van der Waals surface area contributed by atoms with Crippen LogP contribution in [0.2, 0.25) is 0 Å². The van der Waals surface area contributed by atoms with Crippen LogP contribution in [0.5, 0.6) is 0 Å². The molecular formula is C64H66N4O2S2. The highest BCUT2D eigenvalue weighted by Crippen LogP contribution is 2.43. The van der Waals surface area contributed by atoms with Gasteiger partial charge in [-0.05, 0) is 139 Å². The molecule has 5 heterocycles. The SMILES string of the molecule is CC(=O)Sc1ccc(-c2c3nc(c(-c4cc(C(C)(C)C)cc(C(C)(C)C)c4)c4ccc([nH]4)c(-c4ccc(SC(C)=O)cc4)c4nc(c(-c5cc(C(C)(C)C)cc(C(C)(C)C)c5)c5ccc2[nH]5)C=C4)C=C3)cc1. The fourth-order valence-corrected chi connectivity index (χ4v) is 10.6. The minimum atomic E-state index is -0.118. The van der Waals surface area contributed by atoms with Crippen molar-refractivity contribution in [1.29, 1.82) is 0 Å². The molecule has 72 heavy (non-hydrogen) atoms. The lowest BCUT2D eigenvalue weighted by Gasteiger charge is -2.26. The van der Waals surface area contributed by atoms with Crippen molar-refractivity contribution in [1.82, 2.24) is 19.9 Å². The second kappa shape index (κ2) is 18.8. The molecular weight excluding hydrogens is 921 g/mol. The van der Waals surface area contributed by atoms with Crippen molar-refractivity contribution in [2.24, 2.45) is 0 Å². The molecule has 2 aliphatic heterocycles. The van der Waals surface area contributed by atoms with Gasteiger partial charge in [-0.1, -0.05) is 167 Å². The van der Waals surface area contributed by atoms with Crippen LogP contribution in [0, 0.1) is 0 Å². The largest absolute Gasteiger partial charge is 0.354 e. The summed E-state index contributed by atoms with van der Waals surface area (Å²) in [4.78, 5) is 45.4. The van der Waals surface area contributed by atoms with Crippen molar-refractivity contribution in [3.8, 4) is 44.5 Å². The summed E-state index contributed by atoms with van der Waals surface area (Å²) in [5, 5.41) is 0.0853. The zero-order valence-electron chi connectivity index (χ0n) is 44.2. The standard InChI is InChI=1S/C64H66N4O2S2/c1-37(69)71-47-19-15-39(16-20-47)57-49-23-27-53(65-49)59(41-31-43(61(3,4)5)35-44(32-41)62(6,7)8)55-29-25-51(67-55)58(40-17-21-48(22-18-40)72-38(2)70)52-26-30-56(68-52)60(54-28-24-50(57)66-54)42-33-45(63(9,10)11)36-46(34-42)64(12,13)14/h15-36,65,68H,1-14H3. The van der Waals surface area contributed by atoms with E-state index in [1.807, 2.05) is 24.3 Å². The van der Waals surface area contributed by atoms with Crippen LogP contribution in [0.3, 0.4) is 0 Å². The predicted molar refractivity (Wildman–Crippen MR) is 308 cm³/mol. The molecule has 7 aromatic rings. The third-order valence-electron chi connectivity index (χ3n) is 13.5. The van der Waals surface area contributed by atoms with Gasteiger partial charge in [0, 0.05) is 68.0 Å². The van der Waals surface area contributed by atoms with E-state index in [0.29, 0.717) is 0 Å². The molecule has 2 N–H and O–H groups in total. The van der Waals surface area contributed by atoms with E-state index in [1.165, 1.54) is 45.8 Å². The monoisotopic (exact) mass is 986 g/mol. The number of carbonyl (C=O) groups excluding carboxylic acids is 2. The second-order valence-corrected chi connectivity index (χ2v) is 25.8. The van der Waals surface area contributed by atoms with Crippen molar-refractivity contribution in [3.05, 3.63) is 154 Å². The van der Waals surface area contributed by atoms with Gasteiger partial charge in [0.25, 0.3) is 0 Å². The summed E-state index contributed by atoms with van der Waals surface area (Å²) in [6, 6.07) is 39.2. The number of hydrogen-bond acceptors (Lipinski definition) is 6. The lowest BCUT2D eigenvalue weighted by Crippen LogP contribution is -2.16. The molecule has 9 rings (SSSR count). The van der Waals surface area contributed by atoms with Gasteiger partial charge < -0.3 is 9.97 Å². The Labute approximate surface area is 434 Å². The molecule has 3 aromatic heterocycles. The van der Waals surface area contributed by atoms with Crippen molar-refractivity contribution < 1.29 is 9.59 Å². The van der Waals surface area contributed by atoms with E-state index in [2.05, 4.69) is 202 Å². The highest BCUT2D eigenvalue weighted by atomic mass is 32.2. The number of fused-ring (bicyclic) bond motifs is 8. The number of aromatic nitrogens is 4.